The van der Waals surface area contributed by atoms with Crippen LogP contribution < -0.4 is 15.5 Å². The number of anilines is 2. The van der Waals surface area contributed by atoms with Crippen LogP contribution in [-0.2, 0) is 0 Å². The van der Waals surface area contributed by atoms with Crippen molar-refractivity contribution in [2.45, 2.75) is 13.3 Å². The van der Waals surface area contributed by atoms with Gasteiger partial charge in [0.15, 0.2) is 0 Å². The number of nitrogens with zero attached hydrogens (tertiary/aromatic N) is 3. The number of amides is 2. The number of urea groups is 1. The van der Waals surface area contributed by atoms with E-state index in [9.17, 15) is 4.79 Å². The van der Waals surface area contributed by atoms with Crippen molar-refractivity contribution in [3.05, 3.63) is 48.0 Å². The van der Waals surface area contributed by atoms with Crippen LogP contribution in [0.3, 0.4) is 0 Å². The fraction of sp³-hybridized carbons (Fsp3) is 0.316. The first-order valence-electron chi connectivity index (χ1n) is 8.85. The number of benzene rings is 2. The van der Waals surface area contributed by atoms with Gasteiger partial charge in [-0.1, -0.05) is 24.3 Å². The number of nitrogens with one attached hydrogen (secondary N) is 3. The second kappa shape index (κ2) is 7.03. The van der Waals surface area contributed by atoms with Crippen LogP contribution in [0, 0.1) is 12.8 Å². The Labute approximate surface area is 151 Å². The van der Waals surface area contributed by atoms with Crippen LogP contribution in [0.5, 0.6) is 0 Å². The number of fused-ring (bicyclic) bond motifs is 1. The number of H-pyrrole nitrogens is 1. The van der Waals surface area contributed by atoms with Crippen molar-refractivity contribution in [2.75, 3.05) is 29.9 Å². The van der Waals surface area contributed by atoms with E-state index in [2.05, 4.69) is 62.1 Å². The highest BCUT2D eigenvalue weighted by molar-refractivity contribution is 5.98. The van der Waals surface area contributed by atoms with Gasteiger partial charge in [0.25, 0.3) is 0 Å². The normalized spacial score (nSPS) is 16.8. The number of rotatable bonds is 4. The van der Waals surface area contributed by atoms with Crippen LogP contribution >= 0.6 is 0 Å². The van der Waals surface area contributed by atoms with Crippen molar-refractivity contribution in [3.8, 4) is 0 Å². The number of hydrogen-bond acceptors (Lipinski definition) is 4. The molecule has 7 heteroatoms. The first-order chi connectivity index (χ1) is 12.7. The zero-order chi connectivity index (χ0) is 17.9. The third kappa shape index (κ3) is 3.33. The number of carbonyl (C=O) groups is 1. The molecule has 3 N–H and O–H groups in total. The maximum atomic E-state index is 12.2. The summed E-state index contributed by atoms with van der Waals surface area (Å²) >= 11 is 0. The molecule has 1 aliphatic rings. The Morgan fingerprint density at radius 1 is 1.23 bits per heavy atom. The van der Waals surface area contributed by atoms with E-state index >= 15 is 0 Å². The van der Waals surface area contributed by atoms with E-state index < -0.39 is 0 Å². The maximum absolute atomic E-state index is 12.2. The summed E-state index contributed by atoms with van der Waals surface area (Å²) in [6.07, 6.45) is 1.08. The van der Waals surface area contributed by atoms with Crippen LogP contribution in [0.4, 0.5) is 16.2 Å². The number of carbonyl (C=O) groups excluding carboxylic acids is 1. The quantitative estimate of drug-likeness (QED) is 0.675. The first kappa shape index (κ1) is 16.4. The molecule has 7 nitrogen and oxygen atoms in total. The third-order valence-electron chi connectivity index (χ3n) is 4.89. The molecule has 4 rings (SSSR count). The summed E-state index contributed by atoms with van der Waals surface area (Å²) in [4.78, 5) is 14.6. The van der Waals surface area contributed by atoms with Gasteiger partial charge < -0.3 is 15.5 Å². The summed E-state index contributed by atoms with van der Waals surface area (Å²) in [7, 11) is 0. The van der Waals surface area contributed by atoms with Gasteiger partial charge in [0.1, 0.15) is 11.0 Å². The molecule has 26 heavy (non-hydrogen) atoms. The summed E-state index contributed by atoms with van der Waals surface area (Å²) in [5.74, 6) is 0.447. The van der Waals surface area contributed by atoms with Gasteiger partial charge in [-0.25, -0.2) is 4.79 Å². The largest absolute Gasteiger partial charge is 0.371 e. The number of aromatic amines is 1. The molecule has 2 aromatic carbocycles. The number of aryl methyl sites for hydroxylation is 1. The van der Waals surface area contributed by atoms with E-state index in [1.54, 1.807) is 0 Å². The van der Waals surface area contributed by atoms with Gasteiger partial charge in [-0.3, -0.25) is 0 Å². The van der Waals surface area contributed by atoms with Crippen LogP contribution in [0.2, 0.25) is 0 Å². The topological polar surface area (TPSA) is 85.9 Å². The summed E-state index contributed by atoms with van der Waals surface area (Å²) in [5, 5.41) is 16.5. The predicted molar refractivity (Wildman–Crippen MR) is 102 cm³/mol. The molecule has 2 heterocycles. The predicted octanol–water partition coefficient (Wildman–Crippen LogP) is 2.91. The van der Waals surface area contributed by atoms with E-state index in [1.165, 1.54) is 11.3 Å². The van der Waals surface area contributed by atoms with Crippen molar-refractivity contribution < 1.29 is 4.79 Å². The van der Waals surface area contributed by atoms with Crippen LogP contribution in [-0.4, -0.2) is 41.1 Å². The fourth-order valence-electron chi connectivity index (χ4n) is 3.51. The molecule has 0 unspecified atom stereocenters. The lowest BCUT2D eigenvalue weighted by Gasteiger charge is -2.21. The highest BCUT2D eigenvalue weighted by atomic mass is 16.2. The van der Waals surface area contributed by atoms with Gasteiger partial charge in [-0.2, -0.15) is 15.4 Å². The Morgan fingerprint density at radius 2 is 2.12 bits per heavy atom. The SMILES string of the molecule is Cc1ccccc1N1CC[C@@H](CNC(=O)Nc2cccc3n[nH]nc23)C1. The molecule has 1 fully saturated rings. The zero-order valence-corrected chi connectivity index (χ0v) is 14.7. The summed E-state index contributed by atoms with van der Waals surface area (Å²) in [6, 6.07) is 13.7. The molecule has 134 valence electrons. The van der Waals surface area contributed by atoms with Crippen molar-refractivity contribution in [1.82, 2.24) is 20.7 Å². The van der Waals surface area contributed by atoms with Crippen LogP contribution in [0.25, 0.3) is 11.0 Å². The molecule has 1 atom stereocenters. The zero-order valence-electron chi connectivity index (χ0n) is 14.7. The second-order valence-corrected chi connectivity index (χ2v) is 6.72. The number of para-hydroxylation sites is 2. The Morgan fingerprint density at radius 3 is 3.00 bits per heavy atom. The molecule has 1 saturated heterocycles. The molecule has 0 bridgehead atoms. The van der Waals surface area contributed by atoms with E-state index in [0.29, 0.717) is 23.7 Å². The third-order valence-corrected chi connectivity index (χ3v) is 4.89. The van der Waals surface area contributed by atoms with Crippen molar-refractivity contribution >= 4 is 28.4 Å². The van der Waals surface area contributed by atoms with Gasteiger partial charge in [0.05, 0.1) is 5.69 Å². The van der Waals surface area contributed by atoms with Gasteiger partial charge in [0.2, 0.25) is 0 Å². The summed E-state index contributed by atoms with van der Waals surface area (Å²) in [6.45, 7) is 4.78. The molecular weight excluding hydrogens is 328 g/mol. The van der Waals surface area contributed by atoms with Crippen molar-refractivity contribution in [2.24, 2.45) is 5.92 Å². The average molecular weight is 350 g/mol. The molecule has 1 aliphatic heterocycles. The van der Waals surface area contributed by atoms with Gasteiger partial charge in [0, 0.05) is 25.3 Å². The Kier molecular flexibility index (Phi) is 4.43. The van der Waals surface area contributed by atoms with Crippen molar-refractivity contribution in [1.29, 1.82) is 0 Å². The highest BCUT2D eigenvalue weighted by Gasteiger charge is 2.24. The lowest BCUT2D eigenvalue weighted by Crippen LogP contribution is -2.34. The van der Waals surface area contributed by atoms with Crippen molar-refractivity contribution in [3.63, 3.8) is 0 Å². The maximum Gasteiger partial charge on any atom is 0.319 e. The molecule has 0 aliphatic carbocycles. The highest BCUT2D eigenvalue weighted by Crippen LogP contribution is 2.26. The van der Waals surface area contributed by atoms with E-state index in [-0.39, 0.29) is 6.03 Å². The fourth-order valence-corrected chi connectivity index (χ4v) is 3.51. The van der Waals surface area contributed by atoms with Crippen LogP contribution in [0.15, 0.2) is 42.5 Å². The standard InChI is InChI=1S/C19H22N6O/c1-13-5-2-3-8-17(13)25-10-9-14(12-25)11-20-19(26)21-15-6-4-7-16-18(15)23-24-22-16/h2-8,14H,9-12H2,1H3,(H2,20,21,26)(H,22,23,24)/t14-/m0/s1. The molecule has 2 amide bonds. The second-order valence-electron chi connectivity index (χ2n) is 6.72. The van der Waals surface area contributed by atoms with E-state index in [0.717, 1.165) is 25.0 Å². The lowest BCUT2D eigenvalue weighted by molar-refractivity contribution is 0.250. The lowest BCUT2D eigenvalue weighted by atomic mass is 10.1. The molecule has 1 aromatic heterocycles. The Hall–Kier alpha value is -3.09. The monoisotopic (exact) mass is 350 g/mol. The van der Waals surface area contributed by atoms with Gasteiger partial charge in [-0.15, -0.1) is 0 Å². The Balaban J connectivity index is 1.31. The smallest absolute Gasteiger partial charge is 0.319 e. The van der Waals surface area contributed by atoms with E-state index in [1.807, 2.05) is 18.2 Å². The first-order valence-corrected chi connectivity index (χ1v) is 8.85. The minimum atomic E-state index is -0.213. The van der Waals surface area contributed by atoms with Crippen LogP contribution in [0.1, 0.15) is 12.0 Å². The molecular formula is C19H22N6O. The number of hydrogen-bond donors (Lipinski definition) is 3. The average Bonchev–Trinajstić information content (AvgIpc) is 3.30. The molecule has 0 radical (unpaired) electrons. The minimum absolute atomic E-state index is 0.213. The van der Waals surface area contributed by atoms with Gasteiger partial charge in [-0.05, 0) is 43.0 Å². The summed E-state index contributed by atoms with van der Waals surface area (Å²) in [5.41, 5.74) is 4.63. The summed E-state index contributed by atoms with van der Waals surface area (Å²) < 4.78 is 0. The molecule has 3 aromatic rings. The minimum Gasteiger partial charge on any atom is -0.371 e. The van der Waals surface area contributed by atoms with E-state index in [4.69, 9.17) is 0 Å². The van der Waals surface area contributed by atoms with Gasteiger partial charge >= 0.3 is 6.03 Å². The molecule has 0 spiro atoms. The number of aromatic nitrogens is 3. The molecule has 0 saturated carbocycles. The Bertz CT molecular complexity index is 921.